The second-order valence-electron chi connectivity index (χ2n) is 4.82. The van der Waals surface area contributed by atoms with E-state index >= 15 is 0 Å². The molecule has 2 fully saturated rings. The van der Waals surface area contributed by atoms with E-state index in [0.29, 0.717) is 18.5 Å². The third-order valence-corrected chi connectivity index (χ3v) is 3.36. The fraction of sp³-hybridized carbons (Fsp3) is 0.917. The highest BCUT2D eigenvalue weighted by Crippen LogP contribution is 2.18. The van der Waals surface area contributed by atoms with Crippen molar-refractivity contribution < 1.29 is 9.53 Å². The van der Waals surface area contributed by atoms with Crippen molar-refractivity contribution in [2.75, 3.05) is 32.8 Å². The van der Waals surface area contributed by atoms with Crippen molar-refractivity contribution >= 4 is 5.91 Å². The molecule has 1 unspecified atom stereocenters. The van der Waals surface area contributed by atoms with Crippen LogP contribution in [0.3, 0.4) is 0 Å². The molecule has 0 aromatic rings. The van der Waals surface area contributed by atoms with E-state index in [1.807, 2.05) is 11.8 Å². The number of amides is 1. The summed E-state index contributed by atoms with van der Waals surface area (Å²) in [6.45, 7) is 5.90. The number of likely N-dealkylation sites (N-methyl/N-ethyl adjacent to an activating group) is 1. The maximum atomic E-state index is 11.9. The molecule has 1 saturated carbocycles. The maximum Gasteiger partial charge on any atom is 0.236 e. The molecule has 0 spiro atoms. The molecule has 0 aromatic carbocycles. The van der Waals surface area contributed by atoms with Gasteiger partial charge < -0.3 is 15.0 Å². The highest BCUT2D eigenvalue weighted by atomic mass is 16.5. The molecule has 2 aliphatic rings. The smallest absolute Gasteiger partial charge is 0.236 e. The summed E-state index contributed by atoms with van der Waals surface area (Å²) in [6, 6.07) is 0.609. The summed E-state index contributed by atoms with van der Waals surface area (Å²) in [5.41, 5.74) is 0. The van der Waals surface area contributed by atoms with E-state index in [1.54, 1.807) is 0 Å². The minimum atomic E-state index is 0.237. The van der Waals surface area contributed by atoms with E-state index in [4.69, 9.17) is 4.74 Å². The number of ether oxygens (including phenoxy) is 1. The maximum absolute atomic E-state index is 11.9. The van der Waals surface area contributed by atoms with Gasteiger partial charge in [-0.2, -0.15) is 0 Å². The van der Waals surface area contributed by atoms with Gasteiger partial charge in [0.15, 0.2) is 0 Å². The molecule has 1 N–H and O–H groups in total. The Bertz CT molecular complexity index is 235. The molecule has 1 saturated heterocycles. The van der Waals surface area contributed by atoms with E-state index in [1.165, 1.54) is 12.8 Å². The number of hydrogen-bond donors (Lipinski definition) is 1. The molecule has 16 heavy (non-hydrogen) atoms. The molecule has 1 heterocycles. The fourth-order valence-electron chi connectivity index (χ4n) is 2.08. The van der Waals surface area contributed by atoms with Crippen LogP contribution in [0, 0.1) is 5.92 Å². The van der Waals surface area contributed by atoms with Crippen LogP contribution in [0.5, 0.6) is 0 Å². The predicted octanol–water partition coefficient (Wildman–Crippen LogP) is 0.623. The molecule has 0 radical (unpaired) electrons. The number of hydrogen-bond acceptors (Lipinski definition) is 3. The first-order valence-electron chi connectivity index (χ1n) is 6.38. The lowest BCUT2D eigenvalue weighted by molar-refractivity contribution is -0.130. The third-order valence-electron chi connectivity index (χ3n) is 3.36. The Morgan fingerprint density at radius 3 is 2.81 bits per heavy atom. The second-order valence-corrected chi connectivity index (χ2v) is 4.82. The highest BCUT2D eigenvalue weighted by molar-refractivity contribution is 5.78. The monoisotopic (exact) mass is 226 g/mol. The van der Waals surface area contributed by atoms with Crippen LogP contribution in [-0.2, 0) is 9.53 Å². The molecule has 0 aromatic heterocycles. The molecule has 1 aliphatic heterocycles. The summed E-state index contributed by atoms with van der Waals surface area (Å²) in [5.74, 6) is 0.783. The van der Waals surface area contributed by atoms with Gasteiger partial charge in [0.25, 0.3) is 0 Å². The van der Waals surface area contributed by atoms with Gasteiger partial charge in [0.2, 0.25) is 5.91 Å². The van der Waals surface area contributed by atoms with E-state index in [0.717, 1.165) is 32.7 Å². The first-order valence-corrected chi connectivity index (χ1v) is 6.38. The Morgan fingerprint density at radius 1 is 1.44 bits per heavy atom. The predicted molar refractivity (Wildman–Crippen MR) is 62.2 cm³/mol. The van der Waals surface area contributed by atoms with Gasteiger partial charge in [0.1, 0.15) is 0 Å². The first kappa shape index (κ1) is 11.9. The van der Waals surface area contributed by atoms with Crippen molar-refractivity contribution in [3.05, 3.63) is 0 Å². The van der Waals surface area contributed by atoms with Gasteiger partial charge in [-0.05, 0) is 26.2 Å². The zero-order chi connectivity index (χ0) is 11.4. The SMILES string of the molecule is CCN(CC1CCOC1)C(=O)CNC1CC1. The van der Waals surface area contributed by atoms with Crippen LogP contribution in [0.2, 0.25) is 0 Å². The van der Waals surface area contributed by atoms with Crippen molar-refractivity contribution in [3.8, 4) is 0 Å². The van der Waals surface area contributed by atoms with Crippen LogP contribution in [0.25, 0.3) is 0 Å². The van der Waals surface area contributed by atoms with Crippen molar-refractivity contribution in [2.45, 2.75) is 32.2 Å². The van der Waals surface area contributed by atoms with Crippen LogP contribution >= 0.6 is 0 Å². The highest BCUT2D eigenvalue weighted by Gasteiger charge is 2.24. The van der Waals surface area contributed by atoms with Crippen LogP contribution in [0.15, 0.2) is 0 Å². The number of carbonyl (C=O) groups excluding carboxylic acids is 1. The molecule has 4 heteroatoms. The van der Waals surface area contributed by atoms with Crippen LogP contribution in [-0.4, -0.2) is 49.7 Å². The summed E-state index contributed by atoms with van der Waals surface area (Å²) >= 11 is 0. The molecule has 0 bridgehead atoms. The Hall–Kier alpha value is -0.610. The van der Waals surface area contributed by atoms with Crippen molar-refractivity contribution in [1.29, 1.82) is 0 Å². The van der Waals surface area contributed by atoms with Gasteiger partial charge in [-0.15, -0.1) is 0 Å². The first-order chi connectivity index (χ1) is 7.79. The second kappa shape index (κ2) is 5.64. The number of rotatable bonds is 6. The molecule has 1 aliphatic carbocycles. The molecular weight excluding hydrogens is 204 g/mol. The van der Waals surface area contributed by atoms with E-state index in [9.17, 15) is 4.79 Å². The topological polar surface area (TPSA) is 41.6 Å². The lowest BCUT2D eigenvalue weighted by Crippen LogP contribution is -2.41. The fourth-order valence-corrected chi connectivity index (χ4v) is 2.08. The third kappa shape index (κ3) is 3.46. The van der Waals surface area contributed by atoms with Gasteiger partial charge in [0.05, 0.1) is 13.2 Å². The van der Waals surface area contributed by atoms with Gasteiger partial charge in [-0.3, -0.25) is 4.79 Å². The summed E-state index contributed by atoms with van der Waals surface area (Å²) in [4.78, 5) is 13.9. The Labute approximate surface area is 97.3 Å². The largest absolute Gasteiger partial charge is 0.381 e. The van der Waals surface area contributed by atoms with Gasteiger partial charge in [-0.1, -0.05) is 0 Å². The Kier molecular flexibility index (Phi) is 4.18. The Morgan fingerprint density at radius 2 is 2.25 bits per heavy atom. The average molecular weight is 226 g/mol. The van der Waals surface area contributed by atoms with Crippen molar-refractivity contribution in [1.82, 2.24) is 10.2 Å². The minimum absolute atomic E-state index is 0.237. The van der Waals surface area contributed by atoms with Gasteiger partial charge >= 0.3 is 0 Å². The van der Waals surface area contributed by atoms with Crippen LogP contribution < -0.4 is 5.32 Å². The zero-order valence-electron chi connectivity index (χ0n) is 10.1. The molecule has 2 rings (SSSR count). The summed E-state index contributed by atoms with van der Waals surface area (Å²) in [6.07, 6.45) is 3.56. The molecule has 92 valence electrons. The number of carbonyl (C=O) groups is 1. The summed E-state index contributed by atoms with van der Waals surface area (Å²) in [5, 5.41) is 3.27. The van der Waals surface area contributed by atoms with Crippen molar-refractivity contribution in [2.24, 2.45) is 5.92 Å². The van der Waals surface area contributed by atoms with E-state index in [2.05, 4.69) is 5.32 Å². The molecule has 1 amide bonds. The normalized spacial score (nSPS) is 24.7. The lowest BCUT2D eigenvalue weighted by atomic mass is 10.1. The zero-order valence-corrected chi connectivity index (χ0v) is 10.1. The van der Waals surface area contributed by atoms with E-state index < -0.39 is 0 Å². The summed E-state index contributed by atoms with van der Waals surface area (Å²) in [7, 11) is 0. The minimum Gasteiger partial charge on any atom is -0.381 e. The quantitative estimate of drug-likeness (QED) is 0.722. The van der Waals surface area contributed by atoms with Crippen molar-refractivity contribution in [3.63, 3.8) is 0 Å². The van der Waals surface area contributed by atoms with Gasteiger partial charge in [0, 0.05) is 31.7 Å². The molecule has 1 atom stereocenters. The molecular formula is C12H22N2O2. The Balaban J connectivity index is 1.70. The summed E-state index contributed by atoms with van der Waals surface area (Å²) < 4.78 is 5.34. The lowest BCUT2D eigenvalue weighted by Gasteiger charge is -2.23. The molecule has 4 nitrogen and oxygen atoms in total. The average Bonchev–Trinajstić information content (AvgIpc) is 2.99. The van der Waals surface area contributed by atoms with Crippen LogP contribution in [0.1, 0.15) is 26.2 Å². The standard InChI is InChI=1S/C12H22N2O2/c1-2-14(8-10-5-6-16-9-10)12(15)7-13-11-3-4-11/h10-11,13H,2-9H2,1H3. The number of nitrogens with zero attached hydrogens (tertiary/aromatic N) is 1. The van der Waals surface area contributed by atoms with Crippen LogP contribution in [0.4, 0.5) is 0 Å². The van der Waals surface area contributed by atoms with Gasteiger partial charge in [-0.25, -0.2) is 0 Å². The van der Waals surface area contributed by atoms with E-state index in [-0.39, 0.29) is 5.91 Å². The number of nitrogens with one attached hydrogen (secondary N) is 1.